The van der Waals surface area contributed by atoms with Gasteiger partial charge in [-0.1, -0.05) is 18.2 Å². The lowest BCUT2D eigenvalue weighted by Gasteiger charge is -2.40. The zero-order valence-corrected chi connectivity index (χ0v) is 15.7. The number of aryl methyl sites for hydroxylation is 2. The van der Waals surface area contributed by atoms with Gasteiger partial charge in [-0.25, -0.2) is 9.90 Å². The molecule has 1 atom stereocenters. The van der Waals surface area contributed by atoms with Crippen molar-refractivity contribution in [2.45, 2.75) is 58.3 Å². The van der Waals surface area contributed by atoms with Crippen LogP contribution in [0.3, 0.4) is 0 Å². The van der Waals surface area contributed by atoms with Crippen LogP contribution >= 0.6 is 0 Å². The molecule has 0 saturated heterocycles. The molecule has 1 aromatic rings. The monoisotopic (exact) mass is 359 g/mol. The second-order valence-corrected chi connectivity index (χ2v) is 7.07. The van der Waals surface area contributed by atoms with Crippen molar-refractivity contribution < 1.29 is 24.3 Å². The Hall–Kier alpha value is -2.18. The third-order valence-electron chi connectivity index (χ3n) is 5.42. The summed E-state index contributed by atoms with van der Waals surface area (Å²) in [6, 6.07) is 5.74. The zero-order chi connectivity index (χ0) is 19.1. The molecule has 140 valence electrons. The van der Waals surface area contributed by atoms with E-state index in [0.29, 0.717) is 25.7 Å². The number of nitrogens with zero attached hydrogens (tertiary/aromatic N) is 1. The summed E-state index contributed by atoms with van der Waals surface area (Å²) in [4.78, 5) is 30.8. The van der Waals surface area contributed by atoms with E-state index < -0.39 is 17.7 Å². The number of aliphatic hydroxyl groups excluding tert-OH is 1. The number of rotatable bonds is 4. The Morgan fingerprint density at radius 2 is 1.73 bits per heavy atom. The van der Waals surface area contributed by atoms with E-state index in [0.717, 1.165) is 16.7 Å². The molecule has 26 heavy (non-hydrogen) atoms. The predicted octanol–water partition coefficient (Wildman–Crippen LogP) is 3.22. The number of hydroxylamine groups is 2. The summed E-state index contributed by atoms with van der Waals surface area (Å²) in [6.07, 6.45) is 0.637. The van der Waals surface area contributed by atoms with Crippen LogP contribution in [-0.4, -0.2) is 40.8 Å². The van der Waals surface area contributed by atoms with Gasteiger partial charge in [0.15, 0.2) is 6.29 Å². The van der Waals surface area contributed by atoms with Gasteiger partial charge in [0.1, 0.15) is 17.1 Å². The fraction of sp³-hybridized carbons (Fsp3) is 0.500. The van der Waals surface area contributed by atoms with Crippen molar-refractivity contribution in [3.05, 3.63) is 40.6 Å². The van der Waals surface area contributed by atoms with Gasteiger partial charge < -0.3 is 9.84 Å². The van der Waals surface area contributed by atoms with Gasteiger partial charge in [-0.15, -0.1) is 0 Å². The summed E-state index contributed by atoms with van der Waals surface area (Å²) in [6.45, 7) is 5.51. The van der Waals surface area contributed by atoms with E-state index in [9.17, 15) is 14.7 Å². The highest BCUT2D eigenvalue weighted by Crippen LogP contribution is 2.48. The molecule has 1 spiro atoms. The van der Waals surface area contributed by atoms with Crippen molar-refractivity contribution in [2.75, 3.05) is 7.11 Å². The van der Waals surface area contributed by atoms with Gasteiger partial charge in [0, 0.05) is 20.0 Å². The first-order chi connectivity index (χ1) is 12.3. The van der Waals surface area contributed by atoms with Gasteiger partial charge >= 0.3 is 0 Å². The van der Waals surface area contributed by atoms with E-state index in [1.54, 1.807) is 6.92 Å². The molecular formula is C20H25NO5. The Balaban J connectivity index is 2.14. The number of hydrogen-bond donors (Lipinski definition) is 1. The van der Waals surface area contributed by atoms with Crippen molar-refractivity contribution in [3.63, 3.8) is 0 Å². The standard InChI is InChI=1S/C20H25NO5/c1-12-6-5-7-13(2)16(12)17-18(23)20(10-8-15(22)9-11-20)21(19(17)24)26-14(3)25-4/h5-7,14,23H,8-11H2,1-4H3. The maximum Gasteiger partial charge on any atom is 0.282 e. The normalized spacial score (nSPS) is 21.0. The molecule has 1 aromatic carbocycles. The first-order valence-corrected chi connectivity index (χ1v) is 8.88. The number of ketones is 1. The highest BCUT2D eigenvalue weighted by atomic mass is 16.8. The molecular weight excluding hydrogens is 334 g/mol. The maximum atomic E-state index is 13.3. The van der Waals surface area contributed by atoms with Crippen LogP contribution in [0.4, 0.5) is 0 Å². The first-order valence-electron chi connectivity index (χ1n) is 8.88. The molecule has 2 aliphatic rings. The summed E-state index contributed by atoms with van der Waals surface area (Å²) in [5.41, 5.74) is 1.79. The van der Waals surface area contributed by atoms with Gasteiger partial charge in [0.25, 0.3) is 5.91 Å². The van der Waals surface area contributed by atoms with E-state index >= 15 is 0 Å². The molecule has 0 aromatic heterocycles. The molecule has 6 nitrogen and oxygen atoms in total. The number of benzene rings is 1. The molecule has 6 heteroatoms. The van der Waals surface area contributed by atoms with Crippen molar-refractivity contribution in [3.8, 4) is 0 Å². The number of Topliss-reactive ketones (excluding diaryl/α,β-unsaturated/α-hetero) is 1. The van der Waals surface area contributed by atoms with E-state index in [1.165, 1.54) is 12.2 Å². The lowest BCUT2D eigenvalue weighted by Crippen LogP contribution is -2.52. The Kier molecular flexibility index (Phi) is 4.90. The molecule has 3 rings (SSSR count). The zero-order valence-electron chi connectivity index (χ0n) is 15.7. The number of hydrogen-bond acceptors (Lipinski definition) is 5. The largest absolute Gasteiger partial charge is 0.509 e. The quantitative estimate of drug-likeness (QED) is 0.836. The number of ether oxygens (including phenoxy) is 1. The maximum absolute atomic E-state index is 13.3. The Bertz CT molecular complexity index is 752. The van der Waals surface area contributed by atoms with Crippen molar-refractivity contribution in [1.82, 2.24) is 5.06 Å². The van der Waals surface area contributed by atoms with Crippen molar-refractivity contribution in [1.29, 1.82) is 0 Å². The molecule has 0 bridgehead atoms. The average Bonchev–Trinajstić information content (AvgIpc) is 2.80. The van der Waals surface area contributed by atoms with E-state index in [4.69, 9.17) is 9.57 Å². The Morgan fingerprint density at radius 1 is 1.15 bits per heavy atom. The predicted molar refractivity (Wildman–Crippen MR) is 96.1 cm³/mol. The topological polar surface area (TPSA) is 76.1 Å². The molecule has 1 aliphatic carbocycles. The van der Waals surface area contributed by atoms with E-state index in [2.05, 4.69) is 0 Å². The van der Waals surface area contributed by atoms with Crippen LogP contribution in [0.2, 0.25) is 0 Å². The third-order valence-corrected chi connectivity index (χ3v) is 5.42. The SMILES string of the molecule is COC(C)ON1C(=O)C(c2c(C)cccc2C)=C(O)C12CCC(=O)CC2. The van der Waals surface area contributed by atoms with Crippen LogP contribution < -0.4 is 0 Å². The van der Waals surface area contributed by atoms with Gasteiger partial charge in [0.05, 0.1) is 5.57 Å². The van der Waals surface area contributed by atoms with E-state index in [1.807, 2.05) is 32.0 Å². The Morgan fingerprint density at radius 3 is 2.27 bits per heavy atom. The number of aliphatic hydroxyl groups is 1. The minimum absolute atomic E-state index is 0.00398. The number of methoxy groups -OCH3 is 1. The summed E-state index contributed by atoms with van der Waals surface area (Å²) in [5.74, 6) is -0.259. The molecule has 1 saturated carbocycles. The minimum Gasteiger partial charge on any atom is -0.509 e. The van der Waals surface area contributed by atoms with Gasteiger partial charge in [-0.2, -0.15) is 0 Å². The van der Waals surface area contributed by atoms with Gasteiger partial charge in [-0.3, -0.25) is 9.59 Å². The number of amides is 1. The lowest BCUT2D eigenvalue weighted by molar-refractivity contribution is -0.283. The molecule has 1 unspecified atom stereocenters. The smallest absolute Gasteiger partial charge is 0.282 e. The molecule has 1 amide bonds. The molecule has 1 heterocycles. The molecule has 1 aliphatic heterocycles. The first kappa shape index (κ1) is 18.6. The van der Waals surface area contributed by atoms with Gasteiger partial charge in [0.2, 0.25) is 0 Å². The summed E-state index contributed by atoms with van der Waals surface area (Å²) in [5, 5.41) is 12.4. The van der Waals surface area contributed by atoms with Crippen LogP contribution in [0.1, 0.15) is 49.3 Å². The number of carbonyl (C=O) groups is 2. The van der Waals surface area contributed by atoms with Crippen LogP contribution in [0.15, 0.2) is 24.0 Å². The highest BCUT2D eigenvalue weighted by molar-refractivity contribution is 6.23. The van der Waals surface area contributed by atoms with E-state index in [-0.39, 0.29) is 17.1 Å². The van der Waals surface area contributed by atoms with Crippen molar-refractivity contribution in [2.24, 2.45) is 0 Å². The summed E-state index contributed by atoms with van der Waals surface area (Å²) in [7, 11) is 1.49. The number of carbonyl (C=O) groups excluding carboxylic acids is 2. The third kappa shape index (κ3) is 2.83. The highest BCUT2D eigenvalue weighted by Gasteiger charge is 2.55. The molecule has 0 radical (unpaired) electrons. The lowest BCUT2D eigenvalue weighted by atomic mass is 9.79. The summed E-state index contributed by atoms with van der Waals surface area (Å²) < 4.78 is 5.16. The summed E-state index contributed by atoms with van der Waals surface area (Å²) >= 11 is 0. The molecule has 1 fully saturated rings. The fourth-order valence-electron chi connectivity index (χ4n) is 3.88. The second-order valence-electron chi connectivity index (χ2n) is 7.07. The average molecular weight is 359 g/mol. The van der Waals surface area contributed by atoms with Crippen molar-refractivity contribution >= 4 is 17.3 Å². The minimum atomic E-state index is -1.01. The van der Waals surface area contributed by atoms with Gasteiger partial charge in [-0.05, 0) is 50.3 Å². The van der Waals surface area contributed by atoms with Crippen LogP contribution in [0.5, 0.6) is 0 Å². The van der Waals surface area contributed by atoms with Crippen LogP contribution in [0.25, 0.3) is 5.57 Å². The second kappa shape index (κ2) is 6.85. The Labute approximate surface area is 153 Å². The van der Waals surface area contributed by atoms with Crippen LogP contribution in [0, 0.1) is 13.8 Å². The molecule has 1 N–H and O–H groups in total. The van der Waals surface area contributed by atoms with Crippen LogP contribution in [-0.2, 0) is 19.2 Å². The fourth-order valence-corrected chi connectivity index (χ4v) is 3.88.